The van der Waals surface area contributed by atoms with E-state index in [1.807, 2.05) is 12.1 Å². The largest absolute Gasteiger partial charge is 0.474 e. The number of benzene rings is 4. The van der Waals surface area contributed by atoms with Crippen LogP contribution in [0.25, 0.3) is 10.9 Å². The van der Waals surface area contributed by atoms with Gasteiger partial charge in [-0.25, -0.2) is 9.98 Å². The molecule has 170 valence electrons. The molecule has 0 amide bonds. The fourth-order valence-corrected chi connectivity index (χ4v) is 6.98. The molecule has 0 spiro atoms. The van der Waals surface area contributed by atoms with Crippen molar-refractivity contribution in [2.45, 2.75) is 12.5 Å². The Hall–Kier alpha value is -3.81. The molecule has 0 N–H and O–H groups in total. The number of hydrogen-bond acceptors (Lipinski definition) is 3. The highest BCUT2D eigenvalue weighted by molar-refractivity contribution is 7.80. The number of fused-ring (bicyclic) bond motifs is 1. The third-order valence-electron chi connectivity index (χ3n) is 6.21. The Bertz CT molecular complexity index is 1430. The second kappa shape index (κ2) is 9.82. The van der Waals surface area contributed by atoms with E-state index in [1.54, 1.807) is 0 Å². The van der Waals surface area contributed by atoms with Crippen molar-refractivity contribution >= 4 is 40.6 Å². The molecule has 0 bridgehead atoms. The van der Waals surface area contributed by atoms with Crippen LogP contribution in [0.1, 0.15) is 11.3 Å². The van der Waals surface area contributed by atoms with Crippen molar-refractivity contribution in [2.75, 3.05) is 6.61 Å². The van der Waals surface area contributed by atoms with E-state index >= 15 is 0 Å². The summed E-state index contributed by atoms with van der Waals surface area (Å²) in [5, 5.41) is 5.00. The monoisotopic (exact) mass is 472 g/mol. The van der Waals surface area contributed by atoms with Gasteiger partial charge in [0, 0.05) is 10.7 Å². The standard InChI is InChI=1S/C31H25N2OP/c1-4-11-23(12-5-1)21-25-22-34-31(32-25)28-20-19-24-13-10-18-29(30(24)33-28)35(26-14-6-2-7-15-26)27-16-8-3-9-17-27/h1-20,25H,21-22H2/t25-/m0/s1. The molecule has 1 aromatic heterocycles. The van der Waals surface area contributed by atoms with Gasteiger partial charge in [0.2, 0.25) is 5.90 Å². The topological polar surface area (TPSA) is 34.5 Å². The fraction of sp³-hybridized carbons (Fsp3) is 0.0968. The number of aliphatic imine (C=N–C) groups is 1. The van der Waals surface area contributed by atoms with Gasteiger partial charge < -0.3 is 4.74 Å². The average molecular weight is 473 g/mol. The SMILES string of the molecule is c1ccc(C[C@H]2COC(c3ccc4cccc(P(c5ccccc5)c5ccccc5)c4n3)=N2)cc1. The lowest BCUT2D eigenvalue weighted by molar-refractivity contribution is 0.316. The first kappa shape index (κ1) is 21.7. The number of pyridine rings is 1. The van der Waals surface area contributed by atoms with Crippen molar-refractivity contribution in [1.29, 1.82) is 0 Å². The Labute approximate surface area is 206 Å². The Morgan fingerprint density at radius 3 is 2.03 bits per heavy atom. The van der Waals surface area contributed by atoms with E-state index in [9.17, 15) is 0 Å². The van der Waals surface area contributed by atoms with Crippen LogP contribution in [-0.4, -0.2) is 23.5 Å². The highest BCUT2D eigenvalue weighted by atomic mass is 31.1. The second-order valence-electron chi connectivity index (χ2n) is 8.64. The van der Waals surface area contributed by atoms with E-state index in [4.69, 9.17) is 14.7 Å². The van der Waals surface area contributed by atoms with Gasteiger partial charge in [0.05, 0.1) is 11.6 Å². The molecule has 0 saturated carbocycles. The van der Waals surface area contributed by atoms with Gasteiger partial charge >= 0.3 is 0 Å². The quantitative estimate of drug-likeness (QED) is 0.311. The lowest BCUT2D eigenvalue weighted by Gasteiger charge is -2.20. The zero-order valence-corrected chi connectivity index (χ0v) is 20.2. The summed E-state index contributed by atoms with van der Waals surface area (Å²) in [6.07, 6.45) is 0.872. The number of para-hydroxylation sites is 1. The Balaban J connectivity index is 1.41. The van der Waals surface area contributed by atoms with Crippen LogP contribution in [-0.2, 0) is 11.2 Å². The molecule has 3 nitrogen and oxygen atoms in total. The highest BCUT2D eigenvalue weighted by Gasteiger charge is 2.23. The molecule has 0 radical (unpaired) electrons. The molecule has 0 saturated heterocycles. The van der Waals surface area contributed by atoms with Gasteiger partial charge in [-0.3, -0.25) is 0 Å². The maximum atomic E-state index is 6.04. The Morgan fingerprint density at radius 1 is 0.686 bits per heavy atom. The normalized spacial score (nSPS) is 15.2. The maximum absolute atomic E-state index is 6.04. The summed E-state index contributed by atoms with van der Waals surface area (Å²) in [6.45, 7) is 0.590. The van der Waals surface area contributed by atoms with Crippen molar-refractivity contribution in [3.05, 3.63) is 133 Å². The molecule has 4 aromatic carbocycles. The summed E-state index contributed by atoms with van der Waals surface area (Å²) in [5.41, 5.74) is 3.09. The summed E-state index contributed by atoms with van der Waals surface area (Å²) in [5.74, 6) is 0.645. The molecule has 1 aliphatic rings. The first-order valence-electron chi connectivity index (χ1n) is 11.9. The van der Waals surface area contributed by atoms with Crippen molar-refractivity contribution in [1.82, 2.24) is 4.98 Å². The van der Waals surface area contributed by atoms with Gasteiger partial charge in [-0.05, 0) is 36.6 Å². The minimum absolute atomic E-state index is 0.117. The number of nitrogens with zero attached hydrogens (tertiary/aromatic N) is 2. The lowest BCUT2D eigenvalue weighted by atomic mass is 10.1. The summed E-state index contributed by atoms with van der Waals surface area (Å²) in [7, 11) is -0.756. The predicted molar refractivity (Wildman–Crippen MR) is 147 cm³/mol. The van der Waals surface area contributed by atoms with E-state index in [2.05, 4.69) is 109 Å². The first-order chi connectivity index (χ1) is 17.3. The van der Waals surface area contributed by atoms with Crippen LogP contribution in [0.15, 0.2) is 126 Å². The third-order valence-corrected chi connectivity index (χ3v) is 8.69. The molecule has 35 heavy (non-hydrogen) atoms. The summed E-state index contributed by atoms with van der Waals surface area (Å²) >= 11 is 0. The van der Waals surface area contributed by atoms with Crippen molar-refractivity contribution in [2.24, 2.45) is 4.99 Å². The first-order valence-corrected chi connectivity index (χ1v) is 13.2. The van der Waals surface area contributed by atoms with Gasteiger partial charge in [-0.1, -0.05) is 115 Å². The zero-order valence-electron chi connectivity index (χ0n) is 19.3. The number of ether oxygens (including phenoxy) is 1. The molecule has 0 fully saturated rings. The average Bonchev–Trinajstić information content (AvgIpc) is 3.39. The molecule has 1 aliphatic heterocycles. The van der Waals surface area contributed by atoms with Gasteiger partial charge in [0.25, 0.3) is 0 Å². The molecule has 4 heteroatoms. The van der Waals surface area contributed by atoms with Gasteiger partial charge in [-0.15, -0.1) is 0 Å². The molecule has 5 aromatic rings. The summed E-state index contributed by atoms with van der Waals surface area (Å²) in [6, 6.07) is 42.7. The molecule has 1 atom stereocenters. The molecular formula is C31H25N2OP. The van der Waals surface area contributed by atoms with Crippen LogP contribution >= 0.6 is 7.92 Å². The van der Waals surface area contributed by atoms with Crippen molar-refractivity contribution < 1.29 is 4.74 Å². The fourth-order valence-electron chi connectivity index (χ4n) is 4.56. The van der Waals surface area contributed by atoms with E-state index < -0.39 is 7.92 Å². The van der Waals surface area contributed by atoms with Gasteiger partial charge in [-0.2, -0.15) is 0 Å². The number of hydrogen-bond donors (Lipinski definition) is 0. The minimum atomic E-state index is -0.756. The predicted octanol–water partition coefficient (Wildman–Crippen LogP) is 5.38. The molecule has 6 rings (SSSR count). The van der Waals surface area contributed by atoms with Gasteiger partial charge in [0.15, 0.2) is 0 Å². The van der Waals surface area contributed by atoms with Crippen LogP contribution in [0.5, 0.6) is 0 Å². The van der Waals surface area contributed by atoms with E-state index in [-0.39, 0.29) is 6.04 Å². The van der Waals surface area contributed by atoms with Crippen LogP contribution < -0.4 is 15.9 Å². The van der Waals surface area contributed by atoms with Crippen LogP contribution in [0.4, 0.5) is 0 Å². The molecule has 0 unspecified atom stereocenters. The zero-order chi connectivity index (χ0) is 23.5. The van der Waals surface area contributed by atoms with Crippen molar-refractivity contribution in [3.63, 3.8) is 0 Å². The third kappa shape index (κ3) is 4.60. The van der Waals surface area contributed by atoms with Crippen molar-refractivity contribution in [3.8, 4) is 0 Å². The highest BCUT2D eigenvalue weighted by Crippen LogP contribution is 2.35. The van der Waals surface area contributed by atoms with E-state index in [0.29, 0.717) is 12.5 Å². The lowest BCUT2D eigenvalue weighted by Crippen LogP contribution is -2.22. The minimum Gasteiger partial charge on any atom is -0.474 e. The summed E-state index contributed by atoms with van der Waals surface area (Å²) in [4.78, 5) is 10.0. The number of aromatic nitrogens is 1. The molecular weight excluding hydrogens is 447 g/mol. The Morgan fingerprint density at radius 2 is 1.34 bits per heavy atom. The second-order valence-corrected chi connectivity index (χ2v) is 10.8. The molecule has 0 aliphatic carbocycles. The van der Waals surface area contributed by atoms with E-state index in [1.165, 1.54) is 21.5 Å². The Kier molecular flexibility index (Phi) is 6.09. The van der Waals surface area contributed by atoms with Crippen LogP contribution in [0.3, 0.4) is 0 Å². The van der Waals surface area contributed by atoms with Crippen LogP contribution in [0, 0.1) is 0 Å². The van der Waals surface area contributed by atoms with E-state index in [0.717, 1.165) is 23.0 Å². The maximum Gasteiger partial charge on any atom is 0.235 e. The van der Waals surface area contributed by atoms with Crippen LogP contribution in [0.2, 0.25) is 0 Å². The summed E-state index contributed by atoms with van der Waals surface area (Å²) < 4.78 is 6.04. The number of rotatable bonds is 6. The molecule has 2 heterocycles. The van der Waals surface area contributed by atoms with Gasteiger partial charge in [0.1, 0.15) is 12.3 Å². The smallest absolute Gasteiger partial charge is 0.235 e.